The van der Waals surface area contributed by atoms with Gasteiger partial charge < -0.3 is 15.0 Å². The molecule has 0 amide bonds. The molecule has 8 heteroatoms. The normalized spacial score (nSPS) is 13.6. The highest BCUT2D eigenvalue weighted by molar-refractivity contribution is 7.80. The minimum absolute atomic E-state index is 0.286. The van der Waals surface area contributed by atoms with Gasteiger partial charge in [-0.3, -0.25) is 4.68 Å². The Bertz CT molecular complexity index is 901. The van der Waals surface area contributed by atoms with E-state index in [-0.39, 0.29) is 5.97 Å². The summed E-state index contributed by atoms with van der Waals surface area (Å²) in [6, 6.07) is 0. The summed E-state index contributed by atoms with van der Waals surface area (Å²) < 4.78 is 6.96. The van der Waals surface area contributed by atoms with Gasteiger partial charge in [0.05, 0.1) is 18.4 Å². The molecule has 0 unspecified atom stereocenters. The van der Waals surface area contributed by atoms with Crippen LogP contribution in [0, 0.1) is 13.8 Å². The predicted octanol–water partition coefficient (Wildman–Crippen LogP) is 3.98. The number of fused-ring (bicyclic) bond motifs is 1. The summed E-state index contributed by atoms with van der Waals surface area (Å²) >= 11 is 7.28. The third-order valence-corrected chi connectivity index (χ3v) is 7.05. The number of ether oxygens (including phenoxy) is 1. The maximum atomic E-state index is 12.5. The minimum Gasteiger partial charge on any atom is -0.465 e. The Hall–Kier alpha value is -1.93. The van der Waals surface area contributed by atoms with Crippen molar-refractivity contribution < 1.29 is 9.53 Å². The van der Waals surface area contributed by atoms with Gasteiger partial charge in [0.1, 0.15) is 5.00 Å². The van der Waals surface area contributed by atoms with E-state index < -0.39 is 0 Å². The zero-order valence-corrected chi connectivity index (χ0v) is 18.9. The molecule has 0 fully saturated rings. The topological polar surface area (TPSA) is 59.4 Å². The summed E-state index contributed by atoms with van der Waals surface area (Å²) in [5.74, 6) is -0.286. The van der Waals surface area contributed by atoms with E-state index in [1.165, 1.54) is 24.0 Å². The maximum absolute atomic E-state index is 12.5. The van der Waals surface area contributed by atoms with Crippen LogP contribution in [0.2, 0.25) is 0 Å². The molecule has 0 aliphatic heterocycles. The number of aryl methyl sites for hydroxylation is 3. The van der Waals surface area contributed by atoms with E-state index in [1.54, 1.807) is 11.3 Å². The van der Waals surface area contributed by atoms with E-state index in [2.05, 4.69) is 17.3 Å². The quantitative estimate of drug-likeness (QED) is 0.459. The van der Waals surface area contributed by atoms with Crippen LogP contribution in [0.15, 0.2) is 0 Å². The fourth-order valence-corrected chi connectivity index (χ4v) is 5.20. The Labute approximate surface area is 175 Å². The third kappa shape index (κ3) is 4.07. The fraction of sp³-hybridized carbons (Fsp3) is 0.550. The molecule has 0 aromatic carbocycles. The van der Waals surface area contributed by atoms with E-state index in [0.29, 0.717) is 17.2 Å². The molecule has 6 nitrogen and oxygen atoms in total. The highest BCUT2D eigenvalue weighted by Gasteiger charge is 2.26. The molecule has 1 aliphatic rings. The first-order valence-electron chi connectivity index (χ1n) is 9.57. The number of hydrogen-bond acceptors (Lipinski definition) is 5. The van der Waals surface area contributed by atoms with Crippen molar-refractivity contribution in [2.75, 3.05) is 19.5 Å². The lowest BCUT2D eigenvalue weighted by Crippen LogP contribution is -2.31. The van der Waals surface area contributed by atoms with E-state index in [4.69, 9.17) is 17.0 Å². The lowest BCUT2D eigenvalue weighted by Gasteiger charge is -2.21. The van der Waals surface area contributed by atoms with Crippen LogP contribution in [-0.2, 0) is 31.2 Å². The summed E-state index contributed by atoms with van der Waals surface area (Å²) in [7, 11) is 5.34. The maximum Gasteiger partial charge on any atom is 0.341 e. The van der Waals surface area contributed by atoms with Gasteiger partial charge in [0.15, 0.2) is 5.11 Å². The Morgan fingerprint density at radius 2 is 2.04 bits per heavy atom. The van der Waals surface area contributed by atoms with Crippen LogP contribution in [0.5, 0.6) is 0 Å². The number of anilines is 1. The van der Waals surface area contributed by atoms with Crippen LogP contribution in [0.1, 0.15) is 57.0 Å². The number of carbonyl (C=O) groups is 1. The first-order valence-corrected chi connectivity index (χ1v) is 10.8. The lowest BCUT2D eigenvalue weighted by molar-refractivity contribution is 0.0601. The third-order valence-electron chi connectivity index (χ3n) is 5.43. The van der Waals surface area contributed by atoms with Crippen molar-refractivity contribution in [1.82, 2.24) is 14.7 Å². The number of carbonyl (C=O) groups excluding carboxylic acids is 1. The fourth-order valence-electron chi connectivity index (χ4n) is 3.70. The average molecular weight is 421 g/mol. The summed E-state index contributed by atoms with van der Waals surface area (Å²) in [4.78, 5) is 15.8. The molecule has 28 heavy (non-hydrogen) atoms. The van der Waals surface area contributed by atoms with Crippen molar-refractivity contribution in [1.29, 1.82) is 0 Å². The summed E-state index contributed by atoms with van der Waals surface area (Å²) in [5.41, 5.74) is 5.11. The highest BCUT2D eigenvalue weighted by atomic mass is 32.1. The molecule has 0 saturated carbocycles. The Morgan fingerprint density at radius 3 is 2.68 bits per heavy atom. The van der Waals surface area contributed by atoms with Gasteiger partial charge in [0.25, 0.3) is 0 Å². The molecule has 2 aromatic rings. The van der Waals surface area contributed by atoms with Crippen LogP contribution < -0.4 is 5.32 Å². The van der Waals surface area contributed by atoms with Crippen molar-refractivity contribution in [3.8, 4) is 0 Å². The van der Waals surface area contributed by atoms with Crippen molar-refractivity contribution in [2.45, 2.75) is 52.5 Å². The molecule has 2 aromatic heterocycles. The molecule has 0 saturated heterocycles. The van der Waals surface area contributed by atoms with Gasteiger partial charge in [-0.1, -0.05) is 6.42 Å². The standard InChI is InChI=1S/C20H28N4O2S2/c1-12-15(13(2)24(4)22-12)11-23(3)20(27)21-18-17(19(25)26-5)14-9-7-6-8-10-16(14)28-18/h6-11H2,1-5H3,(H,21,27). The number of nitrogens with one attached hydrogen (secondary N) is 1. The lowest BCUT2D eigenvalue weighted by atomic mass is 10.1. The average Bonchev–Trinajstić information content (AvgIpc) is 2.99. The molecule has 1 aliphatic carbocycles. The van der Waals surface area contributed by atoms with Gasteiger partial charge in [0, 0.05) is 36.8 Å². The number of hydrogen-bond donors (Lipinski definition) is 1. The second-order valence-electron chi connectivity index (χ2n) is 7.32. The van der Waals surface area contributed by atoms with Gasteiger partial charge in [-0.05, 0) is 57.3 Å². The monoisotopic (exact) mass is 420 g/mol. The summed E-state index contributed by atoms with van der Waals surface area (Å²) in [6.07, 6.45) is 5.42. The van der Waals surface area contributed by atoms with E-state index in [9.17, 15) is 4.79 Å². The molecule has 1 N–H and O–H groups in total. The first-order chi connectivity index (χ1) is 13.3. The number of rotatable bonds is 4. The van der Waals surface area contributed by atoms with Crippen LogP contribution in [0.3, 0.4) is 0 Å². The first kappa shape index (κ1) is 20.8. The number of thiocarbonyl (C=S) groups is 1. The van der Waals surface area contributed by atoms with E-state index >= 15 is 0 Å². The summed E-state index contributed by atoms with van der Waals surface area (Å²) in [5, 5.41) is 9.18. The number of nitrogens with zero attached hydrogens (tertiary/aromatic N) is 3. The molecule has 0 bridgehead atoms. The smallest absolute Gasteiger partial charge is 0.341 e. The van der Waals surface area contributed by atoms with Crippen molar-refractivity contribution in [3.63, 3.8) is 0 Å². The number of aromatic nitrogens is 2. The van der Waals surface area contributed by atoms with Crippen molar-refractivity contribution in [3.05, 3.63) is 33.0 Å². The Balaban J connectivity index is 1.82. The molecule has 152 valence electrons. The second-order valence-corrected chi connectivity index (χ2v) is 8.81. The number of thiophene rings is 1. The predicted molar refractivity (Wildman–Crippen MR) is 117 cm³/mol. The molecule has 3 rings (SSSR count). The van der Waals surface area contributed by atoms with Gasteiger partial charge in [-0.2, -0.15) is 5.10 Å². The van der Waals surface area contributed by atoms with Crippen LogP contribution >= 0.6 is 23.6 Å². The van der Waals surface area contributed by atoms with Gasteiger partial charge in [-0.25, -0.2) is 4.79 Å². The Morgan fingerprint density at radius 1 is 1.32 bits per heavy atom. The molecule has 0 atom stereocenters. The van der Waals surface area contributed by atoms with Gasteiger partial charge in [0.2, 0.25) is 0 Å². The zero-order chi connectivity index (χ0) is 20.4. The summed E-state index contributed by atoms with van der Waals surface area (Å²) in [6.45, 7) is 4.74. The van der Waals surface area contributed by atoms with Crippen LogP contribution in [-0.4, -0.2) is 39.9 Å². The molecular weight excluding hydrogens is 392 g/mol. The Kier molecular flexibility index (Phi) is 6.40. The molecule has 0 radical (unpaired) electrons. The number of esters is 1. The molecule has 2 heterocycles. The van der Waals surface area contributed by atoms with E-state index in [0.717, 1.165) is 47.6 Å². The molecule has 0 spiro atoms. The van der Waals surface area contributed by atoms with Gasteiger partial charge >= 0.3 is 5.97 Å². The van der Waals surface area contributed by atoms with Crippen molar-refractivity contribution in [2.24, 2.45) is 7.05 Å². The van der Waals surface area contributed by atoms with Gasteiger partial charge in [-0.15, -0.1) is 11.3 Å². The molecular formula is C20H28N4O2S2. The van der Waals surface area contributed by atoms with Crippen LogP contribution in [0.25, 0.3) is 0 Å². The zero-order valence-electron chi connectivity index (χ0n) is 17.2. The minimum atomic E-state index is -0.286. The van der Waals surface area contributed by atoms with E-state index in [1.807, 2.05) is 30.6 Å². The number of methoxy groups -OCH3 is 1. The van der Waals surface area contributed by atoms with Crippen molar-refractivity contribution >= 4 is 39.6 Å². The highest BCUT2D eigenvalue weighted by Crippen LogP contribution is 2.38. The van der Waals surface area contributed by atoms with Crippen LogP contribution in [0.4, 0.5) is 5.00 Å². The SMILES string of the molecule is COC(=O)c1c(NC(=S)N(C)Cc2c(C)nn(C)c2C)sc2c1CCCCC2. The second kappa shape index (κ2) is 8.61. The largest absolute Gasteiger partial charge is 0.465 e.